The van der Waals surface area contributed by atoms with Crippen molar-refractivity contribution in [3.05, 3.63) is 88.2 Å². The third-order valence-corrected chi connectivity index (χ3v) is 4.28. The van der Waals surface area contributed by atoms with Crippen molar-refractivity contribution < 1.29 is 9.18 Å². The van der Waals surface area contributed by atoms with Gasteiger partial charge < -0.3 is 11.1 Å². The summed E-state index contributed by atoms with van der Waals surface area (Å²) in [6, 6.07) is 16.8. The first kappa shape index (κ1) is 17.0. The van der Waals surface area contributed by atoms with Crippen LogP contribution in [0.15, 0.2) is 60.7 Å². The average molecular weight is 355 g/mol. The molecule has 0 aliphatic rings. The highest BCUT2D eigenvalue weighted by Crippen LogP contribution is 2.28. The fourth-order valence-corrected chi connectivity index (χ4v) is 2.81. The molecule has 3 rings (SSSR count). The molecule has 0 aromatic heterocycles. The number of halogens is 2. The summed E-state index contributed by atoms with van der Waals surface area (Å²) < 4.78 is 13.7. The van der Waals surface area contributed by atoms with Crippen LogP contribution in [0.1, 0.15) is 21.5 Å². The second kappa shape index (κ2) is 6.95. The molecule has 3 aromatic rings. The molecule has 126 valence electrons. The van der Waals surface area contributed by atoms with Gasteiger partial charge in [-0.2, -0.15) is 0 Å². The number of benzene rings is 3. The number of rotatable bonds is 4. The number of carbonyl (C=O) groups is 1. The van der Waals surface area contributed by atoms with Crippen molar-refractivity contribution >= 4 is 34.4 Å². The van der Waals surface area contributed by atoms with Crippen LogP contribution in [0.25, 0.3) is 0 Å². The van der Waals surface area contributed by atoms with Gasteiger partial charge in [-0.25, -0.2) is 4.39 Å². The molecular formula is C20H16ClFN2O. The molecule has 0 aliphatic heterocycles. The number of hydrogen-bond acceptors (Lipinski definition) is 3. The van der Waals surface area contributed by atoms with Crippen molar-refractivity contribution in [1.82, 2.24) is 0 Å². The number of nitrogens with one attached hydrogen (secondary N) is 1. The highest BCUT2D eigenvalue weighted by atomic mass is 35.5. The second-order valence-electron chi connectivity index (χ2n) is 5.65. The Morgan fingerprint density at radius 1 is 1.04 bits per heavy atom. The minimum atomic E-state index is -0.417. The Bertz CT molecular complexity index is 956. The number of anilines is 3. The highest BCUT2D eigenvalue weighted by Gasteiger charge is 2.17. The zero-order valence-corrected chi connectivity index (χ0v) is 14.3. The SMILES string of the molecule is Cc1c(F)cccc1C(=O)c1ccc(Nc2ccccc2N)cc1Cl. The number of ketones is 1. The average Bonchev–Trinajstić information content (AvgIpc) is 2.59. The summed E-state index contributed by atoms with van der Waals surface area (Å²) in [7, 11) is 0. The van der Waals surface area contributed by atoms with Crippen molar-refractivity contribution in [2.24, 2.45) is 0 Å². The van der Waals surface area contributed by atoms with Gasteiger partial charge in [0.2, 0.25) is 0 Å². The van der Waals surface area contributed by atoms with E-state index in [1.54, 1.807) is 37.3 Å². The lowest BCUT2D eigenvalue weighted by Gasteiger charge is -2.12. The molecule has 0 atom stereocenters. The van der Waals surface area contributed by atoms with E-state index < -0.39 is 5.82 Å². The third-order valence-electron chi connectivity index (χ3n) is 3.97. The van der Waals surface area contributed by atoms with E-state index in [-0.39, 0.29) is 10.8 Å². The molecule has 25 heavy (non-hydrogen) atoms. The summed E-state index contributed by atoms with van der Waals surface area (Å²) in [4.78, 5) is 12.7. The van der Waals surface area contributed by atoms with Gasteiger partial charge in [0, 0.05) is 16.8 Å². The fourth-order valence-electron chi connectivity index (χ4n) is 2.54. The van der Waals surface area contributed by atoms with Crippen LogP contribution >= 0.6 is 11.6 Å². The maximum Gasteiger partial charge on any atom is 0.194 e. The van der Waals surface area contributed by atoms with Crippen LogP contribution in [0.4, 0.5) is 21.5 Å². The number of hydrogen-bond donors (Lipinski definition) is 2. The molecule has 5 heteroatoms. The Morgan fingerprint density at radius 3 is 2.52 bits per heavy atom. The van der Waals surface area contributed by atoms with E-state index in [1.165, 1.54) is 12.1 Å². The van der Waals surface area contributed by atoms with E-state index in [4.69, 9.17) is 17.3 Å². The maximum atomic E-state index is 13.7. The van der Waals surface area contributed by atoms with Crippen LogP contribution in [0.5, 0.6) is 0 Å². The first-order valence-electron chi connectivity index (χ1n) is 7.68. The monoisotopic (exact) mass is 354 g/mol. The van der Waals surface area contributed by atoms with Gasteiger partial charge >= 0.3 is 0 Å². The number of nitrogens with two attached hydrogens (primary N) is 1. The van der Waals surface area contributed by atoms with Crippen molar-refractivity contribution in [3.63, 3.8) is 0 Å². The van der Waals surface area contributed by atoms with Crippen molar-refractivity contribution in [3.8, 4) is 0 Å². The Hall–Kier alpha value is -2.85. The van der Waals surface area contributed by atoms with Gasteiger partial charge in [0.15, 0.2) is 5.78 Å². The van der Waals surface area contributed by atoms with Gasteiger partial charge in [0.1, 0.15) is 5.82 Å². The minimum absolute atomic E-state index is 0.285. The molecule has 3 N–H and O–H groups in total. The summed E-state index contributed by atoms with van der Waals surface area (Å²) in [6.07, 6.45) is 0. The normalized spacial score (nSPS) is 10.5. The molecule has 0 unspecified atom stereocenters. The van der Waals surface area contributed by atoms with E-state index in [2.05, 4.69) is 5.32 Å². The van der Waals surface area contributed by atoms with E-state index in [9.17, 15) is 9.18 Å². The lowest BCUT2D eigenvalue weighted by Crippen LogP contribution is -2.06. The number of nitrogen functional groups attached to an aromatic ring is 1. The molecule has 0 saturated heterocycles. The third kappa shape index (κ3) is 3.49. The summed E-state index contributed by atoms with van der Waals surface area (Å²) in [5, 5.41) is 3.44. The van der Waals surface area contributed by atoms with Crippen molar-refractivity contribution in [1.29, 1.82) is 0 Å². The van der Waals surface area contributed by atoms with Crippen molar-refractivity contribution in [2.45, 2.75) is 6.92 Å². The summed E-state index contributed by atoms with van der Waals surface area (Å²) in [5.41, 5.74) is 8.90. The molecule has 0 spiro atoms. The lowest BCUT2D eigenvalue weighted by atomic mass is 9.98. The predicted octanol–water partition coefficient (Wildman–Crippen LogP) is 5.34. The standard InChI is InChI=1S/C20H16ClFN2O/c1-12-14(5-4-6-17(12)22)20(25)15-10-9-13(11-16(15)21)24-19-8-3-2-7-18(19)23/h2-11,24H,23H2,1H3. The molecule has 0 heterocycles. The van der Waals surface area contributed by atoms with Crippen LogP contribution in [-0.4, -0.2) is 5.78 Å². The first-order valence-corrected chi connectivity index (χ1v) is 8.06. The quantitative estimate of drug-likeness (QED) is 0.491. The van der Waals surface area contributed by atoms with Gasteiger partial charge in [-0.3, -0.25) is 4.79 Å². The molecular weight excluding hydrogens is 339 g/mol. The Labute approximate surface area is 150 Å². The van der Waals surface area contributed by atoms with Crippen LogP contribution in [0.2, 0.25) is 5.02 Å². The molecule has 3 nitrogen and oxygen atoms in total. The summed E-state index contributed by atoms with van der Waals surface area (Å²) >= 11 is 6.29. The zero-order chi connectivity index (χ0) is 18.0. The van der Waals surface area contributed by atoms with E-state index >= 15 is 0 Å². The molecule has 0 fully saturated rings. The topological polar surface area (TPSA) is 55.1 Å². The van der Waals surface area contributed by atoms with Crippen LogP contribution in [0, 0.1) is 12.7 Å². The fraction of sp³-hybridized carbons (Fsp3) is 0.0500. The Balaban J connectivity index is 1.91. The summed E-state index contributed by atoms with van der Waals surface area (Å²) in [6.45, 7) is 1.57. The Kier molecular flexibility index (Phi) is 4.72. The molecule has 0 aliphatic carbocycles. The van der Waals surface area contributed by atoms with Crippen LogP contribution < -0.4 is 11.1 Å². The van der Waals surface area contributed by atoms with E-state index in [0.717, 1.165) is 5.69 Å². The number of para-hydroxylation sites is 2. The van der Waals surface area contributed by atoms with E-state index in [0.29, 0.717) is 28.1 Å². The van der Waals surface area contributed by atoms with Gasteiger partial charge in [0.25, 0.3) is 0 Å². The second-order valence-corrected chi connectivity index (χ2v) is 6.06. The largest absolute Gasteiger partial charge is 0.397 e. The van der Waals surface area contributed by atoms with Crippen LogP contribution in [0.3, 0.4) is 0 Å². The molecule has 0 amide bonds. The van der Waals surface area contributed by atoms with Gasteiger partial charge in [-0.1, -0.05) is 35.9 Å². The lowest BCUT2D eigenvalue weighted by molar-refractivity contribution is 0.103. The van der Waals surface area contributed by atoms with Gasteiger partial charge in [-0.15, -0.1) is 0 Å². The van der Waals surface area contributed by atoms with E-state index in [1.807, 2.05) is 18.2 Å². The van der Waals surface area contributed by atoms with Gasteiger partial charge in [-0.05, 0) is 48.9 Å². The van der Waals surface area contributed by atoms with Crippen LogP contribution in [-0.2, 0) is 0 Å². The minimum Gasteiger partial charge on any atom is -0.397 e. The first-order chi connectivity index (χ1) is 12.0. The maximum absolute atomic E-state index is 13.7. The Morgan fingerprint density at radius 2 is 1.80 bits per heavy atom. The number of carbonyl (C=O) groups excluding carboxylic acids is 1. The molecule has 0 saturated carbocycles. The highest BCUT2D eigenvalue weighted by molar-refractivity contribution is 6.35. The molecule has 0 radical (unpaired) electrons. The smallest absolute Gasteiger partial charge is 0.194 e. The van der Waals surface area contributed by atoms with Crippen molar-refractivity contribution in [2.75, 3.05) is 11.1 Å². The molecule has 0 bridgehead atoms. The van der Waals surface area contributed by atoms with Gasteiger partial charge in [0.05, 0.1) is 16.4 Å². The summed E-state index contributed by atoms with van der Waals surface area (Å²) in [5.74, 6) is -0.729. The molecule has 3 aromatic carbocycles. The predicted molar refractivity (Wildman–Crippen MR) is 100 cm³/mol. The zero-order valence-electron chi connectivity index (χ0n) is 13.5.